The van der Waals surface area contributed by atoms with Crippen molar-refractivity contribution in [3.8, 4) is 0 Å². The molecule has 1 saturated heterocycles. The Hall–Kier alpha value is -2.21. The third kappa shape index (κ3) is 5.44. The summed E-state index contributed by atoms with van der Waals surface area (Å²) < 4.78 is 5.51. The average molecular weight is 399 g/mol. The van der Waals surface area contributed by atoms with Gasteiger partial charge in [-0.25, -0.2) is 9.97 Å². The largest absolute Gasteiger partial charge is 0.379 e. The van der Waals surface area contributed by atoms with E-state index in [-0.39, 0.29) is 17.9 Å². The van der Waals surface area contributed by atoms with Crippen LogP contribution in [0.25, 0.3) is 10.9 Å². The molecule has 2 heterocycles. The minimum absolute atomic E-state index is 0.0729. The zero-order valence-corrected chi connectivity index (χ0v) is 18.4. The third-order valence-corrected chi connectivity index (χ3v) is 5.71. The molecule has 0 spiro atoms. The SMILES string of the molecule is Cc1cc2nc(N3CCC(C(=O)NCCCOC(C)C)CC3)nc(C)c2cc1C. The maximum Gasteiger partial charge on any atom is 0.226 e. The van der Waals surface area contributed by atoms with E-state index in [9.17, 15) is 4.79 Å². The topological polar surface area (TPSA) is 67.4 Å². The van der Waals surface area contributed by atoms with Gasteiger partial charge in [-0.3, -0.25) is 4.79 Å². The Bertz CT molecular complexity index is 858. The number of nitrogens with zero attached hydrogens (tertiary/aromatic N) is 3. The molecule has 2 aromatic rings. The van der Waals surface area contributed by atoms with E-state index in [4.69, 9.17) is 14.7 Å². The number of rotatable bonds is 7. The molecule has 6 nitrogen and oxygen atoms in total. The standard InChI is InChI=1S/C23H34N4O2/c1-15(2)29-12-6-9-24-22(28)19-7-10-27(11-8-19)23-25-18(5)20-13-16(3)17(4)14-21(20)26-23/h13-15,19H,6-12H2,1-5H3,(H,24,28). The van der Waals surface area contributed by atoms with E-state index in [2.05, 4.69) is 36.2 Å². The van der Waals surface area contributed by atoms with Gasteiger partial charge < -0.3 is 15.0 Å². The van der Waals surface area contributed by atoms with Crippen molar-refractivity contribution in [3.05, 3.63) is 29.0 Å². The van der Waals surface area contributed by atoms with Gasteiger partial charge in [-0.1, -0.05) is 0 Å². The highest BCUT2D eigenvalue weighted by Crippen LogP contribution is 2.25. The second kappa shape index (κ2) is 9.53. The van der Waals surface area contributed by atoms with Crippen LogP contribution in [-0.2, 0) is 9.53 Å². The molecule has 1 N–H and O–H groups in total. The summed E-state index contributed by atoms with van der Waals surface area (Å²) in [4.78, 5) is 24.2. The fraction of sp³-hybridized carbons (Fsp3) is 0.609. The number of benzene rings is 1. The number of carbonyl (C=O) groups excluding carboxylic acids is 1. The maximum atomic E-state index is 12.4. The first kappa shape index (κ1) is 21.5. The van der Waals surface area contributed by atoms with Gasteiger partial charge >= 0.3 is 0 Å². The van der Waals surface area contributed by atoms with Crippen molar-refractivity contribution >= 4 is 22.8 Å². The zero-order chi connectivity index (χ0) is 21.0. The van der Waals surface area contributed by atoms with Crippen LogP contribution < -0.4 is 10.2 Å². The molecule has 0 unspecified atom stereocenters. The van der Waals surface area contributed by atoms with Gasteiger partial charge in [0.1, 0.15) is 0 Å². The Morgan fingerprint density at radius 2 is 1.86 bits per heavy atom. The third-order valence-electron chi connectivity index (χ3n) is 5.71. The summed E-state index contributed by atoms with van der Waals surface area (Å²) in [7, 11) is 0. The van der Waals surface area contributed by atoms with Crippen molar-refractivity contribution < 1.29 is 9.53 Å². The number of nitrogens with one attached hydrogen (secondary N) is 1. The molecule has 3 rings (SSSR count). The Labute approximate surface area is 174 Å². The van der Waals surface area contributed by atoms with Gasteiger partial charge in [-0.05, 0) is 77.1 Å². The van der Waals surface area contributed by atoms with Crippen molar-refractivity contribution in [2.24, 2.45) is 5.92 Å². The number of aryl methyl sites for hydroxylation is 3. The molecule has 1 amide bonds. The van der Waals surface area contributed by atoms with E-state index in [1.54, 1.807) is 0 Å². The van der Waals surface area contributed by atoms with Crippen molar-refractivity contribution in [1.29, 1.82) is 0 Å². The average Bonchev–Trinajstić information content (AvgIpc) is 2.69. The molecule has 158 valence electrons. The first-order chi connectivity index (χ1) is 13.8. The second-order valence-corrected chi connectivity index (χ2v) is 8.39. The van der Waals surface area contributed by atoms with E-state index in [1.165, 1.54) is 11.1 Å². The number of aromatic nitrogens is 2. The minimum Gasteiger partial charge on any atom is -0.379 e. The molecular formula is C23H34N4O2. The van der Waals surface area contributed by atoms with Crippen LogP contribution in [0.15, 0.2) is 12.1 Å². The normalized spacial score (nSPS) is 15.3. The van der Waals surface area contributed by atoms with Gasteiger partial charge in [-0.15, -0.1) is 0 Å². The highest BCUT2D eigenvalue weighted by molar-refractivity contribution is 5.83. The molecule has 0 aliphatic carbocycles. The van der Waals surface area contributed by atoms with Crippen LogP contribution in [0.3, 0.4) is 0 Å². The quantitative estimate of drug-likeness (QED) is 0.720. The van der Waals surface area contributed by atoms with E-state index in [0.29, 0.717) is 13.2 Å². The lowest BCUT2D eigenvalue weighted by molar-refractivity contribution is -0.125. The molecule has 1 aromatic heterocycles. The number of fused-ring (bicyclic) bond motifs is 1. The summed E-state index contributed by atoms with van der Waals surface area (Å²) in [6.07, 6.45) is 2.76. The summed E-state index contributed by atoms with van der Waals surface area (Å²) in [5.41, 5.74) is 4.52. The zero-order valence-electron chi connectivity index (χ0n) is 18.4. The van der Waals surface area contributed by atoms with Gasteiger partial charge in [0, 0.05) is 37.5 Å². The van der Waals surface area contributed by atoms with Crippen LogP contribution in [0, 0.1) is 26.7 Å². The van der Waals surface area contributed by atoms with Gasteiger partial charge in [0.25, 0.3) is 0 Å². The van der Waals surface area contributed by atoms with Crippen molar-refractivity contribution in [3.63, 3.8) is 0 Å². The van der Waals surface area contributed by atoms with E-state index in [0.717, 1.165) is 54.9 Å². The van der Waals surface area contributed by atoms with Gasteiger partial charge in [0.2, 0.25) is 11.9 Å². The van der Waals surface area contributed by atoms with Crippen LogP contribution >= 0.6 is 0 Å². The number of hydrogen-bond acceptors (Lipinski definition) is 5. The molecule has 1 aromatic carbocycles. The summed E-state index contributed by atoms with van der Waals surface area (Å²) in [6, 6.07) is 4.32. The molecule has 0 saturated carbocycles. The minimum atomic E-state index is 0.0729. The predicted molar refractivity (Wildman–Crippen MR) is 117 cm³/mol. The monoisotopic (exact) mass is 398 g/mol. The Kier molecular flexibility index (Phi) is 7.06. The number of amides is 1. The molecule has 0 bridgehead atoms. The molecular weight excluding hydrogens is 364 g/mol. The molecule has 0 radical (unpaired) electrons. The first-order valence-corrected chi connectivity index (χ1v) is 10.7. The lowest BCUT2D eigenvalue weighted by Crippen LogP contribution is -2.41. The summed E-state index contributed by atoms with van der Waals surface area (Å²) in [5.74, 6) is 1.02. The van der Waals surface area contributed by atoms with Crippen molar-refractivity contribution in [2.45, 2.75) is 60.0 Å². The number of carbonyl (C=O) groups is 1. The van der Waals surface area contributed by atoms with Crippen LogP contribution in [-0.4, -0.2) is 48.2 Å². The molecule has 0 atom stereocenters. The van der Waals surface area contributed by atoms with Gasteiger partial charge in [0.15, 0.2) is 0 Å². The van der Waals surface area contributed by atoms with Crippen LogP contribution in [0.5, 0.6) is 0 Å². The second-order valence-electron chi connectivity index (χ2n) is 8.39. The fourth-order valence-electron chi connectivity index (χ4n) is 3.76. The van der Waals surface area contributed by atoms with E-state index >= 15 is 0 Å². The Balaban J connectivity index is 1.55. The molecule has 6 heteroatoms. The summed E-state index contributed by atoms with van der Waals surface area (Å²) in [6.45, 7) is 13.3. The highest BCUT2D eigenvalue weighted by Gasteiger charge is 2.26. The summed E-state index contributed by atoms with van der Waals surface area (Å²) in [5, 5.41) is 4.17. The smallest absolute Gasteiger partial charge is 0.226 e. The fourth-order valence-corrected chi connectivity index (χ4v) is 3.76. The van der Waals surface area contributed by atoms with Crippen LogP contribution in [0.4, 0.5) is 5.95 Å². The Morgan fingerprint density at radius 3 is 2.55 bits per heavy atom. The van der Waals surface area contributed by atoms with Crippen LogP contribution in [0.1, 0.15) is 49.9 Å². The number of hydrogen-bond donors (Lipinski definition) is 1. The van der Waals surface area contributed by atoms with Gasteiger partial charge in [-0.2, -0.15) is 0 Å². The molecule has 29 heavy (non-hydrogen) atoms. The lowest BCUT2D eigenvalue weighted by Gasteiger charge is -2.31. The molecule has 1 aliphatic heterocycles. The Morgan fingerprint density at radius 1 is 1.17 bits per heavy atom. The van der Waals surface area contributed by atoms with Gasteiger partial charge in [0.05, 0.1) is 17.3 Å². The summed E-state index contributed by atoms with van der Waals surface area (Å²) >= 11 is 0. The highest BCUT2D eigenvalue weighted by atomic mass is 16.5. The van der Waals surface area contributed by atoms with Crippen molar-refractivity contribution in [2.75, 3.05) is 31.1 Å². The first-order valence-electron chi connectivity index (χ1n) is 10.7. The predicted octanol–water partition coefficient (Wildman–Crippen LogP) is 3.70. The van der Waals surface area contributed by atoms with E-state index < -0.39 is 0 Å². The van der Waals surface area contributed by atoms with Crippen molar-refractivity contribution in [1.82, 2.24) is 15.3 Å². The van der Waals surface area contributed by atoms with Crippen LogP contribution in [0.2, 0.25) is 0 Å². The molecule has 1 fully saturated rings. The molecule has 1 aliphatic rings. The number of ether oxygens (including phenoxy) is 1. The van der Waals surface area contributed by atoms with E-state index in [1.807, 2.05) is 20.8 Å². The maximum absolute atomic E-state index is 12.4. The number of piperidine rings is 1. The lowest BCUT2D eigenvalue weighted by atomic mass is 9.96. The number of anilines is 1.